The first-order valence-electron chi connectivity index (χ1n) is 4.20. The maximum absolute atomic E-state index is 12.8. The summed E-state index contributed by atoms with van der Waals surface area (Å²) < 4.78 is 25.6. The Balaban J connectivity index is 2.07. The van der Waals surface area contributed by atoms with Gasteiger partial charge in [0.1, 0.15) is 5.78 Å². The van der Waals surface area contributed by atoms with E-state index < -0.39 is 5.92 Å². The molecule has 2 fully saturated rings. The molecule has 68 valence electrons. The topological polar surface area (TPSA) is 20.3 Å². The highest BCUT2D eigenvalue weighted by Crippen LogP contribution is 2.35. The SMILES string of the molecule is O=C1CCN2CC(F)(F)C[C@H]2C1. The van der Waals surface area contributed by atoms with Gasteiger partial charge in [-0.1, -0.05) is 0 Å². The molecule has 2 heterocycles. The van der Waals surface area contributed by atoms with Gasteiger partial charge in [0, 0.05) is 31.8 Å². The zero-order valence-corrected chi connectivity index (χ0v) is 6.72. The van der Waals surface area contributed by atoms with Gasteiger partial charge in [0.15, 0.2) is 0 Å². The standard InChI is InChI=1S/C8H11F2NO/c9-8(10)4-6-3-7(12)1-2-11(6)5-8/h6H,1-5H2/t6-/m1/s1. The fourth-order valence-corrected chi connectivity index (χ4v) is 2.06. The lowest BCUT2D eigenvalue weighted by Gasteiger charge is -2.27. The molecule has 1 atom stereocenters. The van der Waals surface area contributed by atoms with E-state index in [1.807, 2.05) is 0 Å². The van der Waals surface area contributed by atoms with Crippen molar-refractivity contribution in [1.82, 2.24) is 4.90 Å². The number of carbonyl (C=O) groups is 1. The van der Waals surface area contributed by atoms with Gasteiger partial charge in [-0.15, -0.1) is 0 Å². The molecule has 2 nitrogen and oxygen atoms in total. The number of rotatable bonds is 0. The van der Waals surface area contributed by atoms with E-state index in [-0.39, 0.29) is 24.8 Å². The Bertz CT molecular complexity index is 217. The molecular weight excluding hydrogens is 164 g/mol. The molecule has 0 aromatic heterocycles. The monoisotopic (exact) mass is 175 g/mol. The highest BCUT2D eigenvalue weighted by Gasteiger charge is 2.46. The van der Waals surface area contributed by atoms with Gasteiger partial charge in [0.2, 0.25) is 0 Å². The first kappa shape index (κ1) is 8.10. The van der Waals surface area contributed by atoms with Gasteiger partial charge >= 0.3 is 0 Å². The summed E-state index contributed by atoms with van der Waals surface area (Å²) in [5, 5.41) is 0. The van der Waals surface area contributed by atoms with Crippen LogP contribution in [0, 0.1) is 0 Å². The maximum atomic E-state index is 12.8. The van der Waals surface area contributed by atoms with Gasteiger partial charge in [-0.3, -0.25) is 9.69 Å². The predicted octanol–water partition coefficient (Wildman–Crippen LogP) is 1.06. The summed E-state index contributed by atoms with van der Waals surface area (Å²) in [4.78, 5) is 12.7. The minimum absolute atomic E-state index is 0.126. The lowest BCUT2D eigenvalue weighted by Crippen LogP contribution is -2.38. The molecule has 4 heteroatoms. The number of halogens is 2. The minimum atomic E-state index is -2.56. The Morgan fingerprint density at radius 2 is 2.25 bits per heavy atom. The van der Waals surface area contributed by atoms with Crippen LogP contribution in [-0.2, 0) is 4.79 Å². The number of carbonyl (C=O) groups excluding carboxylic acids is 1. The van der Waals surface area contributed by atoms with E-state index in [1.165, 1.54) is 0 Å². The number of alkyl halides is 2. The quantitative estimate of drug-likeness (QED) is 0.548. The molecule has 0 radical (unpaired) electrons. The van der Waals surface area contributed by atoms with Crippen LogP contribution in [0.25, 0.3) is 0 Å². The van der Waals surface area contributed by atoms with E-state index in [0.717, 1.165) is 0 Å². The first-order chi connectivity index (χ1) is 5.57. The van der Waals surface area contributed by atoms with Crippen LogP contribution in [0.5, 0.6) is 0 Å². The number of fused-ring (bicyclic) bond motifs is 1. The lowest BCUT2D eigenvalue weighted by molar-refractivity contribution is -0.122. The molecule has 0 N–H and O–H groups in total. The van der Waals surface area contributed by atoms with Gasteiger partial charge in [-0.05, 0) is 0 Å². The van der Waals surface area contributed by atoms with Crippen LogP contribution in [0.3, 0.4) is 0 Å². The summed E-state index contributed by atoms with van der Waals surface area (Å²) in [5.74, 6) is -2.43. The van der Waals surface area contributed by atoms with Crippen LogP contribution >= 0.6 is 0 Å². The summed E-state index contributed by atoms with van der Waals surface area (Å²) in [6.45, 7) is 0.379. The molecule has 12 heavy (non-hydrogen) atoms. The van der Waals surface area contributed by atoms with Gasteiger partial charge in [0.25, 0.3) is 5.92 Å². The Kier molecular flexibility index (Phi) is 1.68. The highest BCUT2D eigenvalue weighted by molar-refractivity contribution is 5.80. The highest BCUT2D eigenvalue weighted by atomic mass is 19.3. The van der Waals surface area contributed by atoms with Crippen molar-refractivity contribution in [2.75, 3.05) is 13.1 Å². The van der Waals surface area contributed by atoms with E-state index in [9.17, 15) is 13.6 Å². The molecule has 0 aromatic carbocycles. The summed E-state index contributed by atoms with van der Waals surface area (Å²) in [6.07, 6.45) is 0.654. The molecule has 2 rings (SSSR count). The summed E-state index contributed by atoms with van der Waals surface area (Å²) in [6, 6.07) is -0.179. The average Bonchev–Trinajstić information content (AvgIpc) is 2.21. The molecular formula is C8H11F2NO. The number of piperidine rings is 1. The second-order valence-corrected chi connectivity index (χ2v) is 3.68. The number of ketones is 1. The molecule has 2 aliphatic heterocycles. The Morgan fingerprint density at radius 1 is 1.50 bits per heavy atom. The fraction of sp³-hybridized carbons (Fsp3) is 0.875. The Morgan fingerprint density at radius 3 is 3.00 bits per heavy atom. The van der Waals surface area contributed by atoms with Crippen molar-refractivity contribution >= 4 is 5.78 Å². The van der Waals surface area contributed by atoms with Crippen LogP contribution in [0.1, 0.15) is 19.3 Å². The number of hydrogen-bond donors (Lipinski definition) is 0. The van der Waals surface area contributed by atoms with Crippen molar-refractivity contribution < 1.29 is 13.6 Å². The van der Waals surface area contributed by atoms with E-state index in [4.69, 9.17) is 0 Å². The van der Waals surface area contributed by atoms with E-state index in [0.29, 0.717) is 19.4 Å². The maximum Gasteiger partial charge on any atom is 0.262 e. The van der Waals surface area contributed by atoms with Gasteiger partial charge in [-0.25, -0.2) is 8.78 Å². The van der Waals surface area contributed by atoms with Crippen LogP contribution in [0.2, 0.25) is 0 Å². The van der Waals surface area contributed by atoms with Crippen molar-refractivity contribution in [2.45, 2.75) is 31.2 Å². The van der Waals surface area contributed by atoms with E-state index >= 15 is 0 Å². The van der Waals surface area contributed by atoms with E-state index in [2.05, 4.69) is 0 Å². The Hall–Kier alpha value is -0.510. The number of hydrogen-bond acceptors (Lipinski definition) is 2. The predicted molar refractivity (Wildman–Crippen MR) is 39.2 cm³/mol. The Labute approximate surface area is 69.5 Å². The average molecular weight is 175 g/mol. The molecule has 2 saturated heterocycles. The largest absolute Gasteiger partial charge is 0.300 e. The summed E-state index contributed by atoms with van der Waals surface area (Å²) in [5.41, 5.74) is 0. The van der Waals surface area contributed by atoms with Gasteiger partial charge in [-0.2, -0.15) is 0 Å². The van der Waals surface area contributed by atoms with Crippen LogP contribution in [0.4, 0.5) is 8.78 Å². The van der Waals surface area contributed by atoms with Crippen molar-refractivity contribution in [3.63, 3.8) is 0 Å². The summed E-state index contributed by atoms with van der Waals surface area (Å²) in [7, 11) is 0. The third-order valence-electron chi connectivity index (χ3n) is 2.63. The molecule has 0 spiro atoms. The van der Waals surface area contributed by atoms with Gasteiger partial charge < -0.3 is 0 Å². The number of Topliss-reactive ketones (excluding diaryl/α,β-unsaturated/α-hetero) is 1. The molecule has 0 unspecified atom stereocenters. The molecule has 0 bridgehead atoms. The fourth-order valence-electron chi connectivity index (χ4n) is 2.06. The van der Waals surface area contributed by atoms with Crippen molar-refractivity contribution in [3.05, 3.63) is 0 Å². The lowest BCUT2D eigenvalue weighted by atomic mass is 10.0. The third kappa shape index (κ3) is 1.35. The van der Waals surface area contributed by atoms with Crippen LogP contribution in [-0.4, -0.2) is 35.7 Å². The van der Waals surface area contributed by atoms with Crippen LogP contribution < -0.4 is 0 Å². The van der Waals surface area contributed by atoms with Crippen molar-refractivity contribution in [3.8, 4) is 0 Å². The smallest absolute Gasteiger partial charge is 0.262 e. The zero-order chi connectivity index (χ0) is 8.77. The molecule has 2 aliphatic rings. The van der Waals surface area contributed by atoms with Gasteiger partial charge in [0.05, 0.1) is 6.54 Å². The summed E-state index contributed by atoms with van der Waals surface area (Å²) >= 11 is 0. The van der Waals surface area contributed by atoms with E-state index in [1.54, 1.807) is 4.90 Å². The zero-order valence-electron chi connectivity index (χ0n) is 6.72. The normalized spacial score (nSPS) is 35.2. The third-order valence-corrected chi connectivity index (χ3v) is 2.63. The number of nitrogens with zero attached hydrogens (tertiary/aromatic N) is 1. The molecule has 0 aromatic rings. The molecule has 0 aliphatic carbocycles. The molecule has 0 saturated carbocycles. The second kappa shape index (κ2) is 2.49. The minimum Gasteiger partial charge on any atom is -0.300 e. The van der Waals surface area contributed by atoms with Crippen molar-refractivity contribution in [1.29, 1.82) is 0 Å². The second-order valence-electron chi connectivity index (χ2n) is 3.68. The van der Waals surface area contributed by atoms with Crippen LogP contribution in [0.15, 0.2) is 0 Å². The van der Waals surface area contributed by atoms with Crippen molar-refractivity contribution in [2.24, 2.45) is 0 Å². The molecule has 0 amide bonds. The first-order valence-corrected chi connectivity index (χ1v) is 4.20.